The fourth-order valence-corrected chi connectivity index (χ4v) is 4.26. The van der Waals surface area contributed by atoms with Gasteiger partial charge in [-0.1, -0.05) is 30.4 Å². The smallest absolute Gasteiger partial charge is 0.226 e. The number of pyridine rings is 1. The predicted molar refractivity (Wildman–Crippen MR) is 94.1 cm³/mol. The van der Waals surface area contributed by atoms with Crippen molar-refractivity contribution in [3.05, 3.63) is 77.9 Å². The summed E-state index contributed by atoms with van der Waals surface area (Å²) >= 11 is 0. The van der Waals surface area contributed by atoms with E-state index < -0.39 is 0 Å². The number of carbonyl (C=O) groups excluding carboxylic acids is 1. The Morgan fingerprint density at radius 3 is 2.72 bits per heavy atom. The Morgan fingerprint density at radius 1 is 1.20 bits per heavy atom. The van der Waals surface area contributed by atoms with E-state index in [1.54, 1.807) is 17.2 Å². The second-order valence-corrected chi connectivity index (χ2v) is 7.05. The molecule has 0 spiro atoms. The summed E-state index contributed by atoms with van der Waals surface area (Å²) < 4.78 is 13.8. The lowest BCUT2D eigenvalue weighted by Gasteiger charge is -2.32. The number of halogens is 1. The van der Waals surface area contributed by atoms with Gasteiger partial charge in [0.25, 0.3) is 0 Å². The van der Waals surface area contributed by atoms with E-state index in [1.165, 1.54) is 12.1 Å². The number of hydrogen-bond acceptors (Lipinski definition) is 2. The number of allylic oxidation sites excluding steroid dienone is 2. The van der Waals surface area contributed by atoms with Crippen LogP contribution < -0.4 is 0 Å². The topological polar surface area (TPSA) is 33.2 Å². The number of amides is 1. The van der Waals surface area contributed by atoms with Gasteiger partial charge in [-0.2, -0.15) is 0 Å². The number of benzene rings is 1. The lowest BCUT2D eigenvalue weighted by Crippen LogP contribution is -2.38. The van der Waals surface area contributed by atoms with Crippen molar-refractivity contribution in [2.75, 3.05) is 7.05 Å². The zero-order valence-electron chi connectivity index (χ0n) is 14.2. The molecule has 0 aliphatic heterocycles. The molecule has 4 atom stereocenters. The standard InChI is InChI=1S/C21H21FN2O/c1-24(21(25)18-12-14-8-9-15(18)11-14)20(19-7-2-3-10-23-19)16-5-4-6-17(22)13-16/h2-10,13-15,18,20H,11-12H2,1H3/t14-,15-,18-,20+/m0/s1. The predicted octanol–water partition coefficient (Wildman–Crippen LogP) is 3.98. The summed E-state index contributed by atoms with van der Waals surface area (Å²) in [5.41, 5.74) is 1.50. The average Bonchev–Trinajstić information content (AvgIpc) is 3.25. The first kappa shape index (κ1) is 16.0. The van der Waals surface area contributed by atoms with Crippen molar-refractivity contribution < 1.29 is 9.18 Å². The van der Waals surface area contributed by atoms with Crippen LogP contribution in [0.15, 0.2) is 60.8 Å². The van der Waals surface area contributed by atoms with Gasteiger partial charge in [0.1, 0.15) is 5.82 Å². The number of rotatable bonds is 4. The second kappa shape index (κ2) is 6.43. The summed E-state index contributed by atoms with van der Waals surface area (Å²) in [6.45, 7) is 0. The maximum Gasteiger partial charge on any atom is 0.226 e. The van der Waals surface area contributed by atoms with Crippen LogP contribution in [-0.2, 0) is 4.79 Å². The van der Waals surface area contributed by atoms with Gasteiger partial charge in [0.2, 0.25) is 5.91 Å². The highest BCUT2D eigenvalue weighted by atomic mass is 19.1. The molecule has 2 aliphatic rings. The molecule has 4 heteroatoms. The van der Waals surface area contributed by atoms with Crippen molar-refractivity contribution in [1.82, 2.24) is 9.88 Å². The van der Waals surface area contributed by atoms with Gasteiger partial charge in [0.05, 0.1) is 11.7 Å². The van der Waals surface area contributed by atoms with Crippen LogP contribution in [0.4, 0.5) is 4.39 Å². The van der Waals surface area contributed by atoms with Crippen LogP contribution in [-0.4, -0.2) is 22.8 Å². The molecule has 1 aromatic carbocycles. The average molecular weight is 336 g/mol. The lowest BCUT2D eigenvalue weighted by atomic mass is 9.91. The third-order valence-electron chi connectivity index (χ3n) is 5.46. The van der Waals surface area contributed by atoms with Gasteiger partial charge in [0.15, 0.2) is 0 Å². The molecule has 1 saturated carbocycles. The Balaban J connectivity index is 1.68. The minimum absolute atomic E-state index is 0.0276. The summed E-state index contributed by atoms with van der Waals surface area (Å²) in [7, 11) is 1.81. The number of fused-ring (bicyclic) bond motifs is 2. The number of aromatic nitrogens is 1. The van der Waals surface area contributed by atoms with Gasteiger partial charge in [0, 0.05) is 19.2 Å². The first-order valence-corrected chi connectivity index (χ1v) is 8.75. The van der Waals surface area contributed by atoms with Gasteiger partial charge in [-0.25, -0.2) is 4.39 Å². The fraction of sp³-hybridized carbons (Fsp3) is 0.333. The zero-order valence-corrected chi connectivity index (χ0v) is 14.2. The zero-order chi connectivity index (χ0) is 17.4. The summed E-state index contributed by atoms with van der Waals surface area (Å²) in [6.07, 6.45) is 8.13. The Morgan fingerprint density at radius 2 is 2.08 bits per heavy atom. The SMILES string of the molecule is CN(C(=O)[C@H]1C[C@H]2C=C[C@H]1C2)[C@H](c1cccc(F)c1)c1ccccn1. The van der Waals surface area contributed by atoms with E-state index in [2.05, 4.69) is 17.1 Å². The molecule has 0 saturated heterocycles. The third-order valence-corrected chi connectivity index (χ3v) is 5.46. The van der Waals surface area contributed by atoms with Crippen LogP contribution in [0.2, 0.25) is 0 Å². The number of carbonyl (C=O) groups is 1. The summed E-state index contributed by atoms with van der Waals surface area (Å²) in [6, 6.07) is 11.7. The van der Waals surface area contributed by atoms with Crippen LogP contribution in [0.25, 0.3) is 0 Å². The van der Waals surface area contributed by atoms with Gasteiger partial charge < -0.3 is 4.90 Å². The molecule has 4 rings (SSSR count). The number of nitrogens with zero attached hydrogens (tertiary/aromatic N) is 2. The van der Waals surface area contributed by atoms with E-state index in [1.807, 2.05) is 31.3 Å². The highest BCUT2D eigenvalue weighted by molar-refractivity contribution is 5.80. The maximum atomic E-state index is 13.8. The molecule has 128 valence electrons. The normalized spacial score (nSPS) is 25.1. The second-order valence-electron chi connectivity index (χ2n) is 7.05. The molecular weight excluding hydrogens is 315 g/mol. The third kappa shape index (κ3) is 2.97. The highest BCUT2D eigenvalue weighted by Gasteiger charge is 2.42. The van der Waals surface area contributed by atoms with Crippen molar-refractivity contribution >= 4 is 5.91 Å². The van der Waals surface area contributed by atoms with Crippen molar-refractivity contribution in [1.29, 1.82) is 0 Å². The van der Waals surface area contributed by atoms with Crippen LogP contribution >= 0.6 is 0 Å². The van der Waals surface area contributed by atoms with Crippen molar-refractivity contribution in [3.8, 4) is 0 Å². The molecule has 25 heavy (non-hydrogen) atoms. The van der Waals surface area contributed by atoms with Crippen molar-refractivity contribution in [3.63, 3.8) is 0 Å². The molecule has 1 heterocycles. The minimum Gasteiger partial charge on any atom is -0.333 e. The van der Waals surface area contributed by atoms with E-state index in [0.29, 0.717) is 11.8 Å². The van der Waals surface area contributed by atoms with E-state index in [-0.39, 0.29) is 23.7 Å². The first-order chi connectivity index (χ1) is 12.1. The Kier molecular flexibility index (Phi) is 4.12. The molecule has 2 bridgehead atoms. The van der Waals surface area contributed by atoms with Gasteiger partial charge >= 0.3 is 0 Å². The molecule has 2 aromatic rings. The molecule has 0 unspecified atom stereocenters. The van der Waals surface area contributed by atoms with E-state index >= 15 is 0 Å². The van der Waals surface area contributed by atoms with Crippen LogP contribution in [0.3, 0.4) is 0 Å². The van der Waals surface area contributed by atoms with Crippen LogP contribution in [0.1, 0.15) is 30.1 Å². The molecule has 3 nitrogen and oxygen atoms in total. The largest absolute Gasteiger partial charge is 0.333 e. The van der Waals surface area contributed by atoms with Crippen molar-refractivity contribution in [2.45, 2.75) is 18.9 Å². The summed E-state index contributed by atoms with van der Waals surface area (Å²) in [5.74, 6) is 0.727. The number of hydrogen-bond donors (Lipinski definition) is 0. The summed E-state index contributed by atoms with van der Waals surface area (Å²) in [5, 5.41) is 0. The monoisotopic (exact) mass is 336 g/mol. The maximum absolute atomic E-state index is 13.8. The first-order valence-electron chi connectivity index (χ1n) is 8.75. The van der Waals surface area contributed by atoms with Crippen LogP contribution in [0, 0.1) is 23.6 Å². The molecule has 1 amide bonds. The van der Waals surface area contributed by atoms with Crippen LogP contribution in [0.5, 0.6) is 0 Å². The summed E-state index contributed by atoms with van der Waals surface area (Å²) in [4.78, 5) is 19.4. The Hall–Kier alpha value is -2.49. The van der Waals surface area contributed by atoms with E-state index in [4.69, 9.17) is 0 Å². The Bertz CT molecular complexity index is 805. The molecule has 1 aromatic heterocycles. The molecule has 0 radical (unpaired) electrons. The fourth-order valence-electron chi connectivity index (χ4n) is 4.26. The lowest BCUT2D eigenvalue weighted by molar-refractivity contribution is -0.136. The van der Waals surface area contributed by atoms with Gasteiger partial charge in [-0.3, -0.25) is 9.78 Å². The highest BCUT2D eigenvalue weighted by Crippen LogP contribution is 2.45. The molecule has 0 N–H and O–H groups in total. The van der Waals surface area contributed by atoms with E-state index in [0.717, 1.165) is 24.1 Å². The van der Waals surface area contributed by atoms with Crippen molar-refractivity contribution in [2.24, 2.45) is 17.8 Å². The molecule has 2 aliphatic carbocycles. The van der Waals surface area contributed by atoms with Gasteiger partial charge in [-0.15, -0.1) is 0 Å². The van der Waals surface area contributed by atoms with Gasteiger partial charge in [-0.05, 0) is 54.5 Å². The van der Waals surface area contributed by atoms with E-state index in [9.17, 15) is 9.18 Å². The molecule has 1 fully saturated rings. The Labute approximate surface area is 147 Å². The quantitative estimate of drug-likeness (QED) is 0.791. The molecular formula is C21H21FN2O. The minimum atomic E-state index is -0.382.